The summed E-state index contributed by atoms with van der Waals surface area (Å²) in [5, 5.41) is 12.2. The normalized spacial score (nSPS) is 11.9. The number of nitrogens with zero attached hydrogens (tertiary/aromatic N) is 2. The lowest BCUT2D eigenvalue weighted by Gasteiger charge is -2.12. The molecule has 3 N–H and O–H groups in total. The third-order valence-electron chi connectivity index (χ3n) is 4.96. The number of aliphatic imine (C=N–C) groups is 1. The van der Waals surface area contributed by atoms with Crippen molar-refractivity contribution in [3.05, 3.63) is 52.5 Å². The van der Waals surface area contributed by atoms with Crippen molar-refractivity contribution in [2.45, 2.75) is 46.6 Å². The Morgan fingerprint density at radius 1 is 1.22 bits per heavy atom. The number of fused-ring (bicyclic) bond motifs is 1. The van der Waals surface area contributed by atoms with Crippen LogP contribution in [0.1, 0.15) is 42.0 Å². The summed E-state index contributed by atoms with van der Waals surface area (Å²) in [5.74, 6) is 1.74. The van der Waals surface area contributed by atoms with Crippen LogP contribution in [0, 0.1) is 6.92 Å². The molecule has 0 spiro atoms. The standard InChI is InChI=1S/C21H29N5O/c1-5-18-17(19(6-2)27-26-18)13-25-21(22-4)23-11-10-15-12-24-20-14(3)8-7-9-16(15)20/h7-9,12,24H,5-6,10-11,13H2,1-4H3,(H2,22,23,25). The third kappa shape index (κ3) is 4.15. The molecule has 144 valence electrons. The number of aryl methyl sites for hydroxylation is 3. The molecule has 3 aromatic rings. The largest absolute Gasteiger partial charge is 0.361 e. The number of guanidine groups is 1. The summed E-state index contributed by atoms with van der Waals surface area (Å²) in [6.07, 6.45) is 4.74. The van der Waals surface area contributed by atoms with Crippen molar-refractivity contribution >= 4 is 16.9 Å². The molecule has 2 heterocycles. The molecule has 0 aliphatic heterocycles. The summed E-state index contributed by atoms with van der Waals surface area (Å²) in [6, 6.07) is 6.41. The fraction of sp³-hybridized carbons (Fsp3) is 0.429. The van der Waals surface area contributed by atoms with Crippen LogP contribution in [0.5, 0.6) is 0 Å². The number of H-pyrrole nitrogens is 1. The zero-order valence-electron chi connectivity index (χ0n) is 16.6. The van der Waals surface area contributed by atoms with Crippen LogP contribution in [-0.4, -0.2) is 29.7 Å². The monoisotopic (exact) mass is 367 g/mol. The number of nitrogens with one attached hydrogen (secondary N) is 3. The molecule has 0 atom stereocenters. The third-order valence-corrected chi connectivity index (χ3v) is 4.96. The average Bonchev–Trinajstić information content (AvgIpc) is 3.28. The van der Waals surface area contributed by atoms with Crippen molar-refractivity contribution in [2.24, 2.45) is 4.99 Å². The van der Waals surface area contributed by atoms with Gasteiger partial charge in [0.25, 0.3) is 0 Å². The second kappa shape index (κ2) is 8.75. The maximum absolute atomic E-state index is 5.43. The van der Waals surface area contributed by atoms with Gasteiger partial charge in [0, 0.05) is 49.2 Å². The Balaban J connectivity index is 1.57. The Kier molecular flexibility index (Phi) is 6.16. The van der Waals surface area contributed by atoms with Crippen molar-refractivity contribution in [1.29, 1.82) is 0 Å². The van der Waals surface area contributed by atoms with E-state index in [9.17, 15) is 0 Å². The average molecular weight is 367 g/mol. The molecule has 0 saturated heterocycles. The molecular weight excluding hydrogens is 338 g/mol. The number of aromatic amines is 1. The van der Waals surface area contributed by atoms with Gasteiger partial charge in [-0.15, -0.1) is 0 Å². The van der Waals surface area contributed by atoms with Gasteiger partial charge >= 0.3 is 0 Å². The molecule has 0 saturated carbocycles. The van der Waals surface area contributed by atoms with Gasteiger partial charge in [0.1, 0.15) is 5.76 Å². The van der Waals surface area contributed by atoms with Crippen LogP contribution in [0.25, 0.3) is 10.9 Å². The van der Waals surface area contributed by atoms with Gasteiger partial charge in [0.15, 0.2) is 5.96 Å². The number of hydrogen-bond acceptors (Lipinski definition) is 3. The van der Waals surface area contributed by atoms with E-state index < -0.39 is 0 Å². The summed E-state index contributed by atoms with van der Waals surface area (Å²) in [4.78, 5) is 7.72. The minimum Gasteiger partial charge on any atom is -0.361 e. The van der Waals surface area contributed by atoms with E-state index in [1.165, 1.54) is 22.0 Å². The fourth-order valence-corrected chi connectivity index (χ4v) is 3.42. The van der Waals surface area contributed by atoms with Crippen molar-refractivity contribution in [2.75, 3.05) is 13.6 Å². The molecule has 6 nitrogen and oxygen atoms in total. The number of benzene rings is 1. The molecule has 0 aliphatic carbocycles. The first-order chi connectivity index (χ1) is 13.2. The lowest BCUT2D eigenvalue weighted by atomic mass is 10.1. The maximum atomic E-state index is 5.43. The quantitative estimate of drug-likeness (QED) is 0.441. The van der Waals surface area contributed by atoms with Crippen LogP contribution >= 0.6 is 0 Å². The first kappa shape index (κ1) is 19.0. The topological polar surface area (TPSA) is 78.2 Å². The highest BCUT2D eigenvalue weighted by Crippen LogP contribution is 2.21. The highest BCUT2D eigenvalue weighted by molar-refractivity contribution is 5.86. The van der Waals surface area contributed by atoms with Crippen LogP contribution in [-0.2, 0) is 25.8 Å². The predicted octanol–water partition coefficient (Wildman–Crippen LogP) is 3.50. The predicted molar refractivity (Wildman–Crippen MR) is 110 cm³/mol. The van der Waals surface area contributed by atoms with Gasteiger partial charge in [-0.05, 0) is 30.9 Å². The van der Waals surface area contributed by atoms with Crippen molar-refractivity contribution in [3.63, 3.8) is 0 Å². The lowest BCUT2D eigenvalue weighted by molar-refractivity contribution is 0.380. The fourth-order valence-electron chi connectivity index (χ4n) is 3.42. The molecule has 1 aromatic carbocycles. The van der Waals surface area contributed by atoms with Gasteiger partial charge in [-0.2, -0.15) is 0 Å². The summed E-state index contributed by atoms with van der Waals surface area (Å²) in [5.41, 5.74) is 5.98. The van der Waals surface area contributed by atoms with Gasteiger partial charge in [-0.3, -0.25) is 4.99 Å². The molecule has 3 rings (SSSR count). The Morgan fingerprint density at radius 2 is 2.07 bits per heavy atom. The van der Waals surface area contributed by atoms with Crippen molar-refractivity contribution in [1.82, 2.24) is 20.8 Å². The van der Waals surface area contributed by atoms with Gasteiger partial charge in [0.05, 0.1) is 5.69 Å². The summed E-state index contributed by atoms with van der Waals surface area (Å²) >= 11 is 0. The maximum Gasteiger partial charge on any atom is 0.191 e. The van der Waals surface area contributed by atoms with E-state index in [1.807, 2.05) is 0 Å². The molecule has 0 aliphatic rings. The molecule has 0 amide bonds. The van der Waals surface area contributed by atoms with Gasteiger partial charge in [0.2, 0.25) is 0 Å². The van der Waals surface area contributed by atoms with Crippen molar-refractivity contribution in [3.8, 4) is 0 Å². The highest BCUT2D eigenvalue weighted by atomic mass is 16.5. The number of para-hydroxylation sites is 1. The Bertz CT molecular complexity index is 900. The van der Waals surface area contributed by atoms with E-state index in [0.717, 1.165) is 48.8 Å². The lowest BCUT2D eigenvalue weighted by Crippen LogP contribution is -2.38. The Hall–Kier alpha value is -2.76. The molecule has 0 fully saturated rings. The van der Waals surface area contributed by atoms with Gasteiger partial charge in [-0.25, -0.2) is 0 Å². The van der Waals surface area contributed by atoms with E-state index in [1.54, 1.807) is 7.05 Å². The van der Waals surface area contributed by atoms with Crippen LogP contribution in [0.4, 0.5) is 0 Å². The summed E-state index contributed by atoms with van der Waals surface area (Å²) in [6.45, 7) is 7.79. The number of hydrogen-bond donors (Lipinski definition) is 3. The van der Waals surface area contributed by atoms with Crippen LogP contribution < -0.4 is 10.6 Å². The summed E-state index contributed by atoms with van der Waals surface area (Å²) in [7, 11) is 1.79. The van der Waals surface area contributed by atoms with E-state index in [0.29, 0.717) is 6.54 Å². The van der Waals surface area contributed by atoms with Crippen LogP contribution in [0.2, 0.25) is 0 Å². The molecule has 0 radical (unpaired) electrons. The highest BCUT2D eigenvalue weighted by Gasteiger charge is 2.13. The minimum atomic E-state index is 0.668. The number of rotatable bonds is 7. The molecule has 0 bridgehead atoms. The molecule has 2 aromatic heterocycles. The second-order valence-electron chi connectivity index (χ2n) is 6.65. The zero-order valence-corrected chi connectivity index (χ0v) is 16.6. The van der Waals surface area contributed by atoms with Crippen molar-refractivity contribution < 1.29 is 4.52 Å². The molecular formula is C21H29N5O. The Labute approximate surface area is 160 Å². The van der Waals surface area contributed by atoms with Crippen LogP contribution in [0.15, 0.2) is 33.9 Å². The first-order valence-corrected chi connectivity index (χ1v) is 9.64. The number of aromatic nitrogens is 2. The Morgan fingerprint density at radius 3 is 2.81 bits per heavy atom. The van der Waals surface area contributed by atoms with E-state index in [-0.39, 0.29) is 0 Å². The smallest absolute Gasteiger partial charge is 0.191 e. The molecule has 0 unspecified atom stereocenters. The minimum absolute atomic E-state index is 0.668. The van der Waals surface area contributed by atoms with Crippen LogP contribution in [0.3, 0.4) is 0 Å². The van der Waals surface area contributed by atoms with E-state index >= 15 is 0 Å². The van der Waals surface area contributed by atoms with Gasteiger partial charge in [-0.1, -0.05) is 37.2 Å². The van der Waals surface area contributed by atoms with E-state index in [4.69, 9.17) is 4.52 Å². The second-order valence-corrected chi connectivity index (χ2v) is 6.65. The SMILES string of the molecule is CCc1noc(CC)c1CNC(=NC)NCCc1c[nH]c2c(C)cccc12. The zero-order chi connectivity index (χ0) is 19.2. The van der Waals surface area contributed by atoms with E-state index in [2.05, 4.69) is 70.9 Å². The summed E-state index contributed by atoms with van der Waals surface area (Å²) < 4.78 is 5.43. The molecule has 27 heavy (non-hydrogen) atoms. The molecule has 6 heteroatoms. The first-order valence-electron chi connectivity index (χ1n) is 9.64. The van der Waals surface area contributed by atoms with Gasteiger partial charge < -0.3 is 20.1 Å².